The lowest BCUT2D eigenvalue weighted by Crippen LogP contribution is -2.29. The number of allylic oxidation sites excluding steroid dienone is 1. The van der Waals surface area contributed by atoms with Crippen molar-refractivity contribution in [3.05, 3.63) is 41.5 Å². The van der Waals surface area contributed by atoms with E-state index in [0.717, 1.165) is 12.3 Å². The molecule has 0 aromatic heterocycles. The van der Waals surface area contributed by atoms with Crippen molar-refractivity contribution in [2.24, 2.45) is 0 Å². The quantitative estimate of drug-likeness (QED) is 0.603. The second kappa shape index (κ2) is 7.57. The number of likely N-dealkylation sites (N-methyl/N-ethyl adjacent to an activating group) is 1. The van der Waals surface area contributed by atoms with Crippen LogP contribution < -0.4 is 5.32 Å². The van der Waals surface area contributed by atoms with Gasteiger partial charge in [-0.15, -0.1) is 11.8 Å². The Kier molecular flexibility index (Phi) is 6.38. The van der Waals surface area contributed by atoms with Gasteiger partial charge in [-0.1, -0.05) is 36.3 Å². The molecule has 1 atom stereocenters. The molecule has 1 rings (SSSR count). The Labute approximate surface area is 110 Å². The summed E-state index contributed by atoms with van der Waals surface area (Å²) in [5, 5.41) is 3.50. The lowest BCUT2D eigenvalue weighted by atomic mass is 10.2. The summed E-state index contributed by atoms with van der Waals surface area (Å²) < 4.78 is 0. The summed E-state index contributed by atoms with van der Waals surface area (Å²) in [6, 6.07) is 9.21. The summed E-state index contributed by atoms with van der Waals surface area (Å²) >= 11 is 1.91. The number of aryl methyl sites for hydroxylation is 1. The fourth-order valence-corrected chi connectivity index (χ4v) is 2.57. The molecule has 0 heterocycles. The standard InChI is InChI=1S/C15H23NS/c1-5-16-14(10-12(2)3)11-17-15-8-6-13(4)7-9-15/h6-10,14,16H,5,11H2,1-4H3. The van der Waals surface area contributed by atoms with E-state index in [2.05, 4.69) is 63.4 Å². The number of rotatable bonds is 6. The molecule has 1 aromatic rings. The molecule has 2 heteroatoms. The minimum atomic E-state index is 0.469. The molecule has 0 radical (unpaired) electrons. The molecule has 0 aliphatic heterocycles. The lowest BCUT2D eigenvalue weighted by Gasteiger charge is -2.14. The SMILES string of the molecule is CCNC(C=C(C)C)CSc1ccc(C)cc1. The van der Waals surface area contributed by atoms with Crippen LogP contribution >= 0.6 is 11.8 Å². The van der Waals surface area contributed by atoms with Gasteiger partial charge in [-0.2, -0.15) is 0 Å². The van der Waals surface area contributed by atoms with E-state index in [9.17, 15) is 0 Å². The fourth-order valence-electron chi connectivity index (χ4n) is 1.65. The van der Waals surface area contributed by atoms with E-state index in [4.69, 9.17) is 0 Å². The zero-order valence-electron chi connectivity index (χ0n) is 11.3. The van der Waals surface area contributed by atoms with Gasteiger partial charge in [0, 0.05) is 16.7 Å². The molecule has 0 aliphatic rings. The molecule has 0 amide bonds. The van der Waals surface area contributed by atoms with Crippen LogP contribution in [0.1, 0.15) is 26.3 Å². The first-order valence-corrected chi connectivity index (χ1v) is 7.18. The monoisotopic (exact) mass is 249 g/mol. The van der Waals surface area contributed by atoms with E-state index >= 15 is 0 Å². The molecule has 0 bridgehead atoms. The zero-order chi connectivity index (χ0) is 12.7. The summed E-state index contributed by atoms with van der Waals surface area (Å²) in [7, 11) is 0. The normalized spacial score (nSPS) is 12.2. The van der Waals surface area contributed by atoms with E-state index < -0.39 is 0 Å². The van der Waals surface area contributed by atoms with Crippen molar-refractivity contribution in [3.63, 3.8) is 0 Å². The number of thioether (sulfide) groups is 1. The van der Waals surface area contributed by atoms with Gasteiger partial charge in [0.1, 0.15) is 0 Å². The number of hydrogen-bond acceptors (Lipinski definition) is 2. The van der Waals surface area contributed by atoms with E-state index in [0.29, 0.717) is 6.04 Å². The Morgan fingerprint density at radius 1 is 1.29 bits per heavy atom. The number of nitrogens with one attached hydrogen (secondary N) is 1. The first kappa shape index (κ1) is 14.3. The third-order valence-electron chi connectivity index (χ3n) is 2.45. The summed E-state index contributed by atoms with van der Waals surface area (Å²) in [5.74, 6) is 1.09. The second-order valence-corrected chi connectivity index (χ2v) is 5.63. The minimum Gasteiger partial charge on any atom is -0.310 e. The van der Waals surface area contributed by atoms with Crippen LogP contribution in [0.2, 0.25) is 0 Å². The predicted octanol–water partition coefficient (Wildman–Crippen LogP) is 4.03. The molecule has 94 valence electrons. The first-order chi connectivity index (χ1) is 8.11. The molecule has 0 spiro atoms. The Morgan fingerprint density at radius 3 is 2.47 bits per heavy atom. The van der Waals surface area contributed by atoms with Crippen molar-refractivity contribution >= 4 is 11.8 Å². The Morgan fingerprint density at radius 2 is 1.94 bits per heavy atom. The number of benzene rings is 1. The van der Waals surface area contributed by atoms with Crippen molar-refractivity contribution in [2.75, 3.05) is 12.3 Å². The average molecular weight is 249 g/mol. The van der Waals surface area contributed by atoms with E-state index in [1.54, 1.807) is 0 Å². The first-order valence-electron chi connectivity index (χ1n) is 6.19. The van der Waals surface area contributed by atoms with E-state index in [-0.39, 0.29) is 0 Å². The molecule has 1 aromatic carbocycles. The van der Waals surface area contributed by atoms with Crippen LogP contribution in [0.5, 0.6) is 0 Å². The molecule has 1 N–H and O–H groups in total. The van der Waals surface area contributed by atoms with Crippen molar-refractivity contribution in [2.45, 2.75) is 38.6 Å². The molecule has 0 fully saturated rings. The largest absolute Gasteiger partial charge is 0.310 e. The van der Waals surface area contributed by atoms with E-state index in [1.807, 2.05) is 11.8 Å². The Hall–Kier alpha value is -0.730. The maximum absolute atomic E-state index is 3.50. The summed E-state index contributed by atoms with van der Waals surface area (Å²) in [6.07, 6.45) is 2.31. The van der Waals surface area contributed by atoms with Gasteiger partial charge in [0.2, 0.25) is 0 Å². The zero-order valence-corrected chi connectivity index (χ0v) is 12.1. The molecule has 0 saturated heterocycles. The molecule has 1 nitrogen and oxygen atoms in total. The highest BCUT2D eigenvalue weighted by molar-refractivity contribution is 7.99. The van der Waals surface area contributed by atoms with E-state index in [1.165, 1.54) is 16.0 Å². The van der Waals surface area contributed by atoms with Crippen molar-refractivity contribution in [1.82, 2.24) is 5.32 Å². The van der Waals surface area contributed by atoms with Gasteiger partial charge in [-0.25, -0.2) is 0 Å². The average Bonchev–Trinajstić information content (AvgIpc) is 2.27. The highest BCUT2D eigenvalue weighted by Gasteiger charge is 2.04. The molecule has 0 saturated carbocycles. The highest BCUT2D eigenvalue weighted by atomic mass is 32.2. The topological polar surface area (TPSA) is 12.0 Å². The molecule has 0 aliphatic carbocycles. The summed E-state index contributed by atoms with van der Waals surface area (Å²) in [5.41, 5.74) is 2.70. The van der Waals surface area contributed by atoms with Gasteiger partial charge in [0.25, 0.3) is 0 Å². The fraction of sp³-hybridized carbons (Fsp3) is 0.467. The van der Waals surface area contributed by atoms with Crippen LogP contribution in [-0.2, 0) is 0 Å². The molecule has 1 unspecified atom stereocenters. The van der Waals surface area contributed by atoms with Gasteiger partial charge < -0.3 is 5.32 Å². The summed E-state index contributed by atoms with van der Waals surface area (Å²) in [6.45, 7) is 9.60. The van der Waals surface area contributed by atoms with Crippen molar-refractivity contribution in [1.29, 1.82) is 0 Å². The molecule has 17 heavy (non-hydrogen) atoms. The van der Waals surface area contributed by atoms with Gasteiger partial charge in [0.05, 0.1) is 0 Å². The summed E-state index contributed by atoms with van der Waals surface area (Å²) in [4.78, 5) is 1.35. The van der Waals surface area contributed by atoms with Crippen LogP contribution in [0, 0.1) is 6.92 Å². The predicted molar refractivity (Wildman–Crippen MR) is 78.8 cm³/mol. The molecular formula is C15H23NS. The maximum atomic E-state index is 3.50. The third kappa shape index (κ3) is 5.94. The van der Waals surface area contributed by atoms with Crippen LogP contribution in [-0.4, -0.2) is 18.3 Å². The third-order valence-corrected chi connectivity index (χ3v) is 3.58. The van der Waals surface area contributed by atoms with Gasteiger partial charge >= 0.3 is 0 Å². The van der Waals surface area contributed by atoms with Crippen LogP contribution in [0.25, 0.3) is 0 Å². The Bertz CT molecular complexity index is 350. The Balaban J connectivity index is 2.51. The van der Waals surface area contributed by atoms with Crippen molar-refractivity contribution < 1.29 is 0 Å². The van der Waals surface area contributed by atoms with Crippen LogP contribution in [0.3, 0.4) is 0 Å². The van der Waals surface area contributed by atoms with Crippen LogP contribution in [0.4, 0.5) is 0 Å². The minimum absolute atomic E-state index is 0.469. The highest BCUT2D eigenvalue weighted by Crippen LogP contribution is 2.19. The molecular weight excluding hydrogens is 226 g/mol. The maximum Gasteiger partial charge on any atom is 0.0346 e. The smallest absolute Gasteiger partial charge is 0.0346 e. The van der Waals surface area contributed by atoms with Gasteiger partial charge in [-0.3, -0.25) is 0 Å². The van der Waals surface area contributed by atoms with Crippen LogP contribution in [0.15, 0.2) is 40.8 Å². The van der Waals surface area contributed by atoms with Gasteiger partial charge in [-0.05, 0) is 39.4 Å². The second-order valence-electron chi connectivity index (χ2n) is 4.53. The lowest BCUT2D eigenvalue weighted by molar-refractivity contribution is 0.665. The van der Waals surface area contributed by atoms with Gasteiger partial charge in [0.15, 0.2) is 0 Å². The van der Waals surface area contributed by atoms with Crippen molar-refractivity contribution in [3.8, 4) is 0 Å². The number of hydrogen-bond donors (Lipinski definition) is 1.